The van der Waals surface area contributed by atoms with Crippen molar-refractivity contribution in [3.63, 3.8) is 0 Å². The number of H-pyrrole nitrogens is 2. The summed E-state index contributed by atoms with van der Waals surface area (Å²) in [4.78, 5) is 53.6. The minimum atomic E-state index is -0.433. The minimum absolute atomic E-state index is 0.00397. The highest BCUT2D eigenvalue weighted by Crippen LogP contribution is 2.38. The van der Waals surface area contributed by atoms with E-state index in [1.807, 2.05) is 135 Å². The topological polar surface area (TPSA) is 139 Å². The summed E-state index contributed by atoms with van der Waals surface area (Å²) in [6, 6.07) is 25.8. The predicted octanol–water partition coefficient (Wildman–Crippen LogP) is 6.73. The van der Waals surface area contributed by atoms with Gasteiger partial charge in [0.15, 0.2) is 5.76 Å². The number of likely N-dealkylation sites (N-methyl/N-ethyl adjacent to an activating group) is 2. The molecule has 0 radical (unpaired) electrons. The van der Waals surface area contributed by atoms with Gasteiger partial charge in [0.1, 0.15) is 35.5 Å². The average Bonchev–Trinajstić information content (AvgIpc) is 3.99. The Labute approximate surface area is 315 Å². The number of aromatic amines is 2. The van der Waals surface area contributed by atoms with E-state index in [0.717, 1.165) is 33.5 Å². The van der Waals surface area contributed by atoms with Crippen LogP contribution in [0.4, 0.5) is 0 Å². The zero-order valence-corrected chi connectivity index (χ0v) is 31.2. The van der Waals surface area contributed by atoms with Gasteiger partial charge in [-0.3, -0.25) is 19.4 Å². The molecule has 12 nitrogen and oxygen atoms in total. The van der Waals surface area contributed by atoms with Crippen LogP contribution in [0.1, 0.15) is 60.3 Å². The quantitative estimate of drug-likeness (QED) is 0.118. The number of nitrogens with one attached hydrogen (secondary N) is 3. The van der Waals surface area contributed by atoms with Crippen LogP contribution in [0.3, 0.4) is 0 Å². The van der Waals surface area contributed by atoms with E-state index in [1.54, 1.807) is 18.6 Å². The van der Waals surface area contributed by atoms with Gasteiger partial charge >= 0.3 is 0 Å². The lowest BCUT2D eigenvalue weighted by Crippen LogP contribution is -2.40. The highest BCUT2D eigenvalue weighted by Gasteiger charge is 2.39. The molecule has 1 aliphatic heterocycles. The molecule has 3 aromatic heterocycles. The van der Waals surface area contributed by atoms with Gasteiger partial charge in [0.2, 0.25) is 17.7 Å². The second kappa shape index (κ2) is 15.5. The summed E-state index contributed by atoms with van der Waals surface area (Å²) >= 11 is 0. The van der Waals surface area contributed by atoms with Crippen molar-refractivity contribution in [3.05, 3.63) is 138 Å². The van der Waals surface area contributed by atoms with E-state index in [9.17, 15) is 9.59 Å². The minimum Gasteiger partial charge on any atom is -0.435 e. The van der Waals surface area contributed by atoms with Crippen molar-refractivity contribution >= 4 is 11.8 Å². The predicted molar refractivity (Wildman–Crippen MR) is 208 cm³/mol. The summed E-state index contributed by atoms with van der Waals surface area (Å²) in [5, 5.41) is 3.11. The Balaban J connectivity index is 1.05. The molecule has 4 heterocycles. The smallest absolute Gasteiger partial charge is 0.245 e. The molecule has 3 aromatic carbocycles. The van der Waals surface area contributed by atoms with E-state index in [-0.39, 0.29) is 17.9 Å². The molecule has 0 bridgehead atoms. The number of carbonyl (C=O) groups excluding carboxylic acids is 2. The van der Waals surface area contributed by atoms with Crippen molar-refractivity contribution < 1.29 is 14.0 Å². The third kappa shape index (κ3) is 7.39. The Morgan fingerprint density at radius 2 is 1.46 bits per heavy atom. The first-order valence-electron chi connectivity index (χ1n) is 18.0. The second-order valence-corrected chi connectivity index (χ2v) is 14.1. The van der Waals surface area contributed by atoms with Crippen LogP contribution < -0.4 is 5.32 Å². The number of hydrogen-bond donors (Lipinski definition) is 3. The maximum absolute atomic E-state index is 14.0. The molecule has 12 heteroatoms. The number of carbonyl (C=O) groups is 2. The van der Waals surface area contributed by atoms with E-state index in [2.05, 4.69) is 36.8 Å². The molecule has 1 fully saturated rings. The normalized spacial score (nSPS) is 16.2. The fourth-order valence-electron chi connectivity index (χ4n) is 7.12. The summed E-state index contributed by atoms with van der Waals surface area (Å²) in [7, 11) is 7.61. The van der Waals surface area contributed by atoms with Gasteiger partial charge in [-0.2, -0.15) is 0 Å². The molecule has 4 atom stereocenters. The van der Waals surface area contributed by atoms with Crippen molar-refractivity contribution in [1.82, 2.24) is 44.9 Å². The Hall–Kier alpha value is -6.11. The van der Waals surface area contributed by atoms with Crippen molar-refractivity contribution in [2.24, 2.45) is 0 Å². The van der Waals surface area contributed by atoms with Gasteiger partial charge in [0.05, 0.1) is 30.3 Å². The van der Waals surface area contributed by atoms with Gasteiger partial charge < -0.3 is 24.6 Å². The SMILES string of the molecule is C=C1CCN(C(=O)[C@@H](c2ccccc2)N(C)C)[C@@H]1c1ncc(-c2ncc(-c3cccc(-c4cnc([C@H](C)NC(=O)C(c5ccccc5)N(C)C)[nH]4)c3)o2)[nH]1. The molecule has 1 unspecified atom stereocenters. The van der Waals surface area contributed by atoms with Crippen molar-refractivity contribution in [1.29, 1.82) is 0 Å². The molecule has 0 spiro atoms. The Bertz CT molecular complexity index is 2240. The van der Waals surface area contributed by atoms with Gasteiger partial charge in [-0.05, 0) is 64.3 Å². The van der Waals surface area contributed by atoms with Gasteiger partial charge in [0.25, 0.3) is 0 Å². The number of rotatable bonds is 12. The van der Waals surface area contributed by atoms with Gasteiger partial charge in [0, 0.05) is 17.7 Å². The van der Waals surface area contributed by atoms with Gasteiger partial charge in [-0.1, -0.05) is 85.4 Å². The lowest BCUT2D eigenvalue weighted by Gasteiger charge is -2.31. The molecule has 3 N–H and O–H groups in total. The van der Waals surface area contributed by atoms with E-state index < -0.39 is 18.1 Å². The van der Waals surface area contributed by atoms with E-state index in [0.29, 0.717) is 42.0 Å². The lowest BCUT2D eigenvalue weighted by atomic mass is 10.0. The Morgan fingerprint density at radius 3 is 2.15 bits per heavy atom. The Morgan fingerprint density at radius 1 is 0.815 bits per heavy atom. The van der Waals surface area contributed by atoms with Crippen LogP contribution in [0.25, 0.3) is 34.2 Å². The molecular formula is C42H45N9O3. The van der Waals surface area contributed by atoms with Crippen LogP contribution in [0.5, 0.6) is 0 Å². The van der Waals surface area contributed by atoms with E-state index in [4.69, 9.17) is 4.42 Å². The van der Waals surface area contributed by atoms with Crippen molar-refractivity contribution in [3.8, 4) is 34.2 Å². The third-order valence-corrected chi connectivity index (χ3v) is 9.81. The standard InChI is InChI=1S/C42H45N9O3/c1-26-20-21-51(42(53)37(50(5)6)29-16-11-8-12-17-29)35(26)39-44-24-33(48-39)41-45-25-34(54-41)31-19-13-18-30(22-31)32-23-43-38(47-32)27(2)46-40(52)36(49(3)4)28-14-9-7-10-15-28/h7-19,22-25,27,35-37H,1,20-21H2,2-6H3,(H,43,47)(H,44,48)(H,46,52)/t27-,35-,36?,37+/m0/s1. The maximum atomic E-state index is 14.0. The average molecular weight is 724 g/mol. The number of imidazole rings is 2. The fraction of sp³-hybridized carbons (Fsp3) is 0.262. The number of benzene rings is 3. The summed E-state index contributed by atoms with van der Waals surface area (Å²) < 4.78 is 6.25. The summed E-state index contributed by atoms with van der Waals surface area (Å²) in [6.45, 7) is 6.77. The second-order valence-electron chi connectivity index (χ2n) is 14.1. The number of likely N-dealkylation sites (tertiary alicyclic amines) is 1. The maximum Gasteiger partial charge on any atom is 0.245 e. The highest BCUT2D eigenvalue weighted by molar-refractivity contribution is 5.85. The summed E-state index contributed by atoms with van der Waals surface area (Å²) in [5.41, 5.74) is 5.91. The van der Waals surface area contributed by atoms with Crippen molar-refractivity contribution in [2.75, 3.05) is 34.7 Å². The van der Waals surface area contributed by atoms with Crippen LogP contribution in [-0.4, -0.2) is 86.2 Å². The summed E-state index contributed by atoms with van der Waals surface area (Å²) in [5.74, 6) is 2.11. The molecule has 2 amide bonds. The molecule has 6 aromatic rings. The van der Waals surface area contributed by atoms with E-state index >= 15 is 0 Å². The number of oxazole rings is 1. The zero-order valence-electron chi connectivity index (χ0n) is 31.2. The van der Waals surface area contributed by atoms with Crippen LogP contribution in [0.15, 0.2) is 120 Å². The number of nitrogens with zero attached hydrogens (tertiary/aromatic N) is 6. The van der Waals surface area contributed by atoms with Crippen molar-refractivity contribution in [2.45, 2.75) is 37.5 Å². The number of aromatic nitrogens is 5. The zero-order chi connectivity index (χ0) is 37.9. The largest absolute Gasteiger partial charge is 0.435 e. The molecule has 54 heavy (non-hydrogen) atoms. The van der Waals surface area contributed by atoms with Gasteiger partial charge in [-0.25, -0.2) is 15.0 Å². The molecule has 0 saturated carbocycles. The van der Waals surface area contributed by atoms with Crippen LogP contribution in [-0.2, 0) is 9.59 Å². The number of amides is 2. The first-order valence-corrected chi connectivity index (χ1v) is 18.0. The number of hydrogen-bond acceptors (Lipinski definition) is 8. The fourth-order valence-corrected chi connectivity index (χ4v) is 7.12. The Kier molecular flexibility index (Phi) is 10.4. The molecule has 1 saturated heterocycles. The first kappa shape index (κ1) is 36.3. The molecule has 0 aliphatic carbocycles. The first-order chi connectivity index (χ1) is 26.1. The molecule has 1 aliphatic rings. The highest BCUT2D eigenvalue weighted by atomic mass is 16.4. The van der Waals surface area contributed by atoms with Gasteiger partial charge in [-0.15, -0.1) is 0 Å². The summed E-state index contributed by atoms with van der Waals surface area (Å²) in [6.07, 6.45) is 5.83. The van der Waals surface area contributed by atoms with Crippen LogP contribution in [0, 0.1) is 0 Å². The monoisotopic (exact) mass is 723 g/mol. The lowest BCUT2D eigenvalue weighted by molar-refractivity contribution is -0.137. The molecule has 276 valence electrons. The van der Waals surface area contributed by atoms with Crippen LogP contribution >= 0.6 is 0 Å². The molecular weight excluding hydrogens is 679 g/mol. The molecule has 7 rings (SSSR count). The van der Waals surface area contributed by atoms with E-state index in [1.165, 1.54) is 0 Å². The third-order valence-electron chi connectivity index (χ3n) is 9.81. The van der Waals surface area contributed by atoms with Crippen LogP contribution in [0.2, 0.25) is 0 Å².